The molecule has 3 rings (SSSR count). The van der Waals surface area contributed by atoms with Crippen LogP contribution in [0.2, 0.25) is 0 Å². The maximum Gasteiger partial charge on any atom is 0.254 e. The molecule has 1 aromatic heterocycles. The molecule has 2 atom stereocenters. The molecule has 0 spiro atoms. The van der Waals surface area contributed by atoms with Gasteiger partial charge in [-0.2, -0.15) is 0 Å². The molecule has 1 N–H and O–H groups in total. The van der Waals surface area contributed by atoms with Gasteiger partial charge in [-0.25, -0.2) is 4.39 Å². The predicted octanol–water partition coefficient (Wildman–Crippen LogP) is 4.18. The van der Waals surface area contributed by atoms with Crippen molar-refractivity contribution in [2.24, 2.45) is 5.92 Å². The SMILES string of the molecule is CCC1c2ccsc2CCN1C(=O)C(NC(=O)c1ccccc1F)C(C)C. The highest BCUT2D eigenvalue weighted by molar-refractivity contribution is 7.10. The highest BCUT2D eigenvalue weighted by atomic mass is 32.1. The van der Waals surface area contributed by atoms with E-state index in [1.54, 1.807) is 17.4 Å². The van der Waals surface area contributed by atoms with Gasteiger partial charge in [-0.05, 0) is 47.9 Å². The number of nitrogens with zero attached hydrogens (tertiary/aromatic N) is 1. The van der Waals surface area contributed by atoms with Crippen molar-refractivity contribution in [1.82, 2.24) is 10.2 Å². The Hall–Kier alpha value is -2.21. The summed E-state index contributed by atoms with van der Waals surface area (Å²) in [6.07, 6.45) is 1.66. The standard InChI is InChI=1S/C21H25FN2O2S/c1-4-17-15-10-12-27-18(15)9-11-24(17)21(26)19(13(2)3)23-20(25)14-7-5-6-8-16(14)22/h5-8,10,12-13,17,19H,4,9,11H2,1-3H3,(H,23,25). The van der Waals surface area contributed by atoms with E-state index in [0.717, 1.165) is 12.8 Å². The summed E-state index contributed by atoms with van der Waals surface area (Å²) in [5.41, 5.74) is 1.17. The van der Waals surface area contributed by atoms with E-state index in [9.17, 15) is 14.0 Å². The van der Waals surface area contributed by atoms with Gasteiger partial charge in [-0.15, -0.1) is 11.3 Å². The molecule has 1 aliphatic rings. The van der Waals surface area contributed by atoms with Crippen LogP contribution in [-0.2, 0) is 11.2 Å². The van der Waals surface area contributed by atoms with Crippen LogP contribution in [0, 0.1) is 11.7 Å². The van der Waals surface area contributed by atoms with Gasteiger partial charge in [0, 0.05) is 11.4 Å². The molecule has 2 aromatic rings. The van der Waals surface area contributed by atoms with Crippen LogP contribution in [0.3, 0.4) is 0 Å². The number of fused-ring (bicyclic) bond motifs is 1. The third-order valence-corrected chi connectivity index (χ3v) is 6.10. The second-order valence-corrected chi connectivity index (χ2v) is 8.18. The van der Waals surface area contributed by atoms with Crippen molar-refractivity contribution in [3.8, 4) is 0 Å². The van der Waals surface area contributed by atoms with Gasteiger partial charge in [-0.1, -0.05) is 32.9 Å². The molecule has 0 saturated carbocycles. The summed E-state index contributed by atoms with van der Waals surface area (Å²) in [7, 11) is 0. The summed E-state index contributed by atoms with van der Waals surface area (Å²) in [5.74, 6) is -1.34. The van der Waals surface area contributed by atoms with E-state index in [4.69, 9.17) is 0 Å². The molecule has 0 saturated heterocycles. The van der Waals surface area contributed by atoms with Crippen LogP contribution in [-0.4, -0.2) is 29.3 Å². The minimum absolute atomic E-state index is 0.0270. The molecule has 4 nitrogen and oxygen atoms in total. The third-order valence-electron chi connectivity index (χ3n) is 5.10. The number of rotatable bonds is 5. The van der Waals surface area contributed by atoms with Gasteiger partial charge in [0.15, 0.2) is 0 Å². The molecule has 0 radical (unpaired) electrons. The molecular formula is C21H25FN2O2S. The van der Waals surface area contributed by atoms with Gasteiger partial charge < -0.3 is 10.2 Å². The molecule has 0 fully saturated rings. The Kier molecular flexibility index (Phi) is 5.95. The predicted molar refractivity (Wildman–Crippen MR) is 105 cm³/mol. The molecule has 144 valence electrons. The Labute approximate surface area is 163 Å². The van der Waals surface area contributed by atoms with Crippen LogP contribution in [0.5, 0.6) is 0 Å². The summed E-state index contributed by atoms with van der Waals surface area (Å²) < 4.78 is 13.9. The molecule has 2 heterocycles. The second-order valence-electron chi connectivity index (χ2n) is 7.18. The number of carbonyl (C=O) groups excluding carboxylic acids is 2. The Balaban J connectivity index is 1.82. The lowest BCUT2D eigenvalue weighted by atomic mass is 9.94. The van der Waals surface area contributed by atoms with Crippen LogP contribution >= 0.6 is 11.3 Å². The molecule has 6 heteroatoms. The van der Waals surface area contributed by atoms with E-state index < -0.39 is 17.8 Å². The van der Waals surface area contributed by atoms with Crippen molar-refractivity contribution in [2.45, 2.75) is 45.7 Å². The number of carbonyl (C=O) groups is 2. The maximum absolute atomic E-state index is 13.9. The maximum atomic E-state index is 13.9. The summed E-state index contributed by atoms with van der Waals surface area (Å²) in [4.78, 5) is 29.1. The summed E-state index contributed by atoms with van der Waals surface area (Å²) in [5, 5.41) is 4.84. The summed E-state index contributed by atoms with van der Waals surface area (Å²) in [6, 6.07) is 7.26. The van der Waals surface area contributed by atoms with Gasteiger partial charge >= 0.3 is 0 Å². The average Bonchev–Trinajstić information content (AvgIpc) is 3.13. The first-order valence-electron chi connectivity index (χ1n) is 9.36. The number of amides is 2. The van der Waals surface area contributed by atoms with Gasteiger partial charge in [0.05, 0.1) is 11.6 Å². The molecule has 0 aliphatic carbocycles. The monoisotopic (exact) mass is 388 g/mol. The van der Waals surface area contributed by atoms with Crippen molar-refractivity contribution in [3.05, 3.63) is 57.5 Å². The molecule has 1 aromatic carbocycles. The third kappa shape index (κ3) is 3.90. The summed E-state index contributed by atoms with van der Waals surface area (Å²) >= 11 is 1.73. The van der Waals surface area contributed by atoms with Gasteiger partial charge in [0.2, 0.25) is 5.91 Å². The summed E-state index contributed by atoms with van der Waals surface area (Å²) in [6.45, 7) is 6.50. The van der Waals surface area contributed by atoms with Crippen molar-refractivity contribution in [3.63, 3.8) is 0 Å². The zero-order valence-electron chi connectivity index (χ0n) is 15.9. The lowest BCUT2D eigenvalue weighted by Crippen LogP contribution is -2.53. The van der Waals surface area contributed by atoms with E-state index in [1.807, 2.05) is 18.7 Å². The first kappa shape index (κ1) is 19.5. The van der Waals surface area contributed by atoms with Gasteiger partial charge in [0.1, 0.15) is 11.9 Å². The van der Waals surface area contributed by atoms with Crippen molar-refractivity contribution < 1.29 is 14.0 Å². The normalized spacial score (nSPS) is 17.5. The smallest absolute Gasteiger partial charge is 0.254 e. The van der Waals surface area contributed by atoms with E-state index in [-0.39, 0.29) is 23.4 Å². The van der Waals surface area contributed by atoms with Crippen LogP contribution in [0.25, 0.3) is 0 Å². The highest BCUT2D eigenvalue weighted by Crippen LogP contribution is 2.35. The fourth-order valence-electron chi connectivity index (χ4n) is 3.66. The quantitative estimate of drug-likeness (QED) is 0.835. The minimum atomic E-state index is -0.689. The number of hydrogen-bond donors (Lipinski definition) is 1. The zero-order valence-corrected chi connectivity index (χ0v) is 16.7. The van der Waals surface area contributed by atoms with Gasteiger partial charge in [-0.3, -0.25) is 9.59 Å². The molecule has 2 amide bonds. The number of benzene rings is 1. The molecule has 2 unspecified atom stereocenters. The average molecular weight is 389 g/mol. The van der Waals surface area contributed by atoms with Crippen molar-refractivity contribution in [1.29, 1.82) is 0 Å². The largest absolute Gasteiger partial charge is 0.340 e. The molecular weight excluding hydrogens is 363 g/mol. The molecule has 0 bridgehead atoms. The van der Waals surface area contributed by atoms with E-state index in [1.165, 1.54) is 28.6 Å². The fourth-order valence-corrected chi connectivity index (χ4v) is 4.59. The van der Waals surface area contributed by atoms with E-state index in [2.05, 4.69) is 23.7 Å². The lowest BCUT2D eigenvalue weighted by molar-refractivity contribution is -0.137. The topological polar surface area (TPSA) is 49.4 Å². The van der Waals surface area contributed by atoms with Crippen LogP contribution in [0.15, 0.2) is 35.7 Å². The second kappa shape index (κ2) is 8.21. The van der Waals surface area contributed by atoms with Crippen molar-refractivity contribution in [2.75, 3.05) is 6.54 Å². The zero-order chi connectivity index (χ0) is 19.6. The van der Waals surface area contributed by atoms with Crippen LogP contribution in [0.4, 0.5) is 4.39 Å². The van der Waals surface area contributed by atoms with E-state index >= 15 is 0 Å². The molecule has 27 heavy (non-hydrogen) atoms. The number of thiophene rings is 1. The molecule has 1 aliphatic heterocycles. The highest BCUT2D eigenvalue weighted by Gasteiger charge is 2.36. The van der Waals surface area contributed by atoms with Crippen LogP contribution in [0.1, 0.15) is 54.0 Å². The number of nitrogens with one attached hydrogen (secondary N) is 1. The minimum Gasteiger partial charge on any atom is -0.340 e. The first-order chi connectivity index (χ1) is 12.9. The lowest BCUT2D eigenvalue weighted by Gasteiger charge is -2.38. The Morgan fingerprint density at radius 3 is 2.70 bits per heavy atom. The Bertz CT molecular complexity index is 833. The van der Waals surface area contributed by atoms with E-state index in [0.29, 0.717) is 6.54 Å². The van der Waals surface area contributed by atoms with Crippen LogP contribution < -0.4 is 5.32 Å². The number of hydrogen-bond acceptors (Lipinski definition) is 3. The van der Waals surface area contributed by atoms with Crippen molar-refractivity contribution >= 4 is 23.2 Å². The van der Waals surface area contributed by atoms with Gasteiger partial charge in [0.25, 0.3) is 5.91 Å². The number of halogens is 1. The first-order valence-corrected chi connectivity index (χ1v) is 10.2. The fraction of sp³-hybridized carbons (Fsp3) is 0.429. The Morgan fingerprint density at radius 2 is 2.04 bits per heavy atom. The Morgan fingerprint density at radius 1 is 1.30 bits per heavy atom.